The number of aryl methyl sites for hydroxylation is 1. The van der Waals surface area contributed by atoms with Crippen molar-refractivity contribution >= 4 is 15.9 Å². The highest BCUT2D eigenvalue weighted by Crippen LogP contribution is 2.20. The molecule has 6 heteroatoms. The van der Waals surface area contributed by atoms with Crippen LogP contribution < -0.4 is 5.32 Å². The van der Waals surface area contributed by atoms with E-state index in [4.69, 9.17) is 0 Å². The van der Waals surface area contributed by atoms with Crippen molar-refractivity contribution in [3.8, 4) is 0 Å². The van der Waals surface area contributed by atoms with Gasteiger partial charge in [0.2, 0.25) is 10.0 Å². The highest BCUT2D eigenvalue weighted by atomic mass is 32.2. The lowest BCUT2D eigenvalue weighted by Gasteiger charge is -2.20. The zero-order chi connectivity index (χ0) is 17.6. The minimum Gasteiger partial charge on any atom is -0.349 e. The molecule has 1 aromatic rings. The van der Waals surface area contributed by atoms with E-state index < -0.39 is 10.0 Å². The lowest BCUT2D eigenvalue weighted by atomic mass is 10.1. The molecule has 130 valence electrons. The molecule has 5 nitrogen and oxygen atoms in total. The van der Waals surface area contributed by atoms with Crippen LogP contribution in [-0.4, -0.2) is 37.8 Å². The Kier molecular flexibility index (Phi) is 7.22. The molecule has 0 aliphatic rings. The second-order valence-electron chi connectivity index (χ2n) is 5.55. The summed E-state index contributed by atoms with van der Waals surface area (Å²) in [4.78, 5) is 12.6. The van der Waals surface area contributed by atoms with Crippen molar-refractivity contribution in [1.29, 1.82) is 0 Å². The Bertz CT molecular complexity index is 633. The van der Waals surface area contributed by atoms with Crippen molar-refractivity contribution in [3.63, 3.8) is 0 Å². The van der Waals surface area contributed by atoms with E-state index in [9.17, 15) is 13.2 Å². The first-order valence-electron chi connectivity index (χ1n) is 8.23. The summed E-state index contributed by atoms with van der Waals surface area (Å²) in [5.41, 5.74) is 1.19. The van der Waals surface area contributed by atoms with Gasteiger partial charge in [0.05, 0.1) is 4.90 Å². The van der Waals surface area contributed by atoms with E-state index >= 15 is 0 Å². The summed E-state index contributed by atoms with van der Waals surface area (Å²) in [6, 6.07) is 4.85. The number of rotatable bonds is 8. The maximum absolute atomic E-state index is 12.6. The zero-order valence-corrected chi connectivity index (χ0v) is 15.5. The van der Waals surface area contributed by atoms with Crippen molar-refractivity contribution in [1.82, 2.24) is 9.62 Å². The summed E-state index contributed by atoms with van der Waals surface area (Å²) in [5.74, 6) is -0.215. The van der Waals surface area contributed by atoms with Crippen molar-refractivity contribution < 1.29 is 13.2 Å². The maximum atomic E-state index is 12.6. The van der Waals surface area contributed by atoms with Gasteiger partial charge < -0.3 is 5.32 Å². The van der Waals surface area contributed by atoms with E-state index in [0.29, 0.717) is 18.7 Å². The van der Waals surface area contributed by atoms with Crippen LogP contribution in [0.25, 0.3) is 0 Å². The van der Waals surface area contributed by atoms with Crippen molar-refractivity contribution in [2.24, 2.45) is 0 Å². The van der Waals surface area contributed by atoms with E-state index in [1.807, 2.05) is 20.8 Å². The van der Waals surface area contributed by atoms with Gasteiger partial charge in [-0.15, -0.1) is 0 Å². The fourth-order valence-corrected chi connectivity index (χ4v) is 3.96. The number of carbonyl (C=O) groups is 1. The number of nitrogens with one attached hydrogen (secondary N) is 1. The molecular weight excluding hydrogens is 312 g/mol. The molecular formula is C17H28N2O3S. The Morgan fingerprint density at radius 1 is 1.13 bits per heavy atom. The maximum Gasteiger partial charge on any atom is 0.251 e. The van der Waals surface area contributed by atoms with E-state index in [1.165, 1.54) is 10.4 Å². The zero-order valence-electron chi connectivity index (χ0n) is 14.7. The monoisotopic (exact) mass is 340 g/mol. The molecule has 0 fully saturated rings. The van der Waals surface area contributed by atoms with Crippen LogP contribution in [-0.2, 0) is 10.0 Å². The van der Waals surface area contributed by atoms with Crippen LogP contribution in [0.2, 0.25) is 0 Å². The normalized spacial score (nSPS) is 12.0. The van der Waals surface area contributed by atoms with Gasteiger partial charge in [0.15, 0.2) is 0 Å². The third-order valence-corrected chi connectivity index (χ3v) is 6.16. The van der Waals surface area contributed by atoms with Gasteiger partial charge in [-0.1, -0.05) is 33.8 Å². The Hall–Kier alpha value is -1.40. The van der Waals surface area contributed by atoms with Crippen LogP contribution in [0.4, 0.5) is 0 Å². The third-order valence-electron chi connectivity index (χ3n) is 4.12. The standard InChI is InChI=1S/C17H28N2O3S/c1-6-14(7-2)18-17(20)16-12-15(11-10-13(16)5)23(21,22)19(8-3)9-4/h10-12,14H,6-9H2,1-5H3,(H,18,20). The molecule has 0 radical (unpaired) electrons. The van der Waals surface area contributed by atoms with Crippen LogP contribution >= 0.6 is 0 Å². The lowest BCUT2D eigenvalue weighted by molar-refractivity contribution is 0.0934. The van der Waals surface area contributed by atoms with Gasteiger partial charge in [-0.25, -0.2) is 8.42 Å². The summed E-state index contributed by atoms with van der Waals surface area (Å²) in [6.07, 6.45) is 1.69. The van der Waals surface area contributed by atoms with Crippen LogP contribution in [0.15, 0.2) is 23.1 Å². The number of amides is 1. The average Bonchev–Trinajstić information content (AvgIpc) is 2.53. The molecule has 0 unspecified atom stereocenters. The van der Waals surface area contributed by atoms with Gasteiger partial charge in [0.25, 0.3) is 5.91 Å². The van der Waals surface area contributed by atoms with Gasteiger partial charge in [-0.2, -0.15) is 4.31 Å². The predicted octanol–water partition coefficient (Wildman–Crippen LogP) is 2.94. The quantitative estimate of drug-likeness (QED) is 0.791. The summed E-state index contributed by atoms with van der Waals surface area (Å²) < 4.78 is 26.6. The number of hydrogen-bond donors (Lipinski definition) is 1. The number of benzene rings is 1. The van der Waals surface area contributed by atoms with Crippen molar-refractivity contribution in [2.45, 2.75) is 58.4 Å². The highest BCUT2D eigenvalue weighted by Gasteiger charge is 2.23. The fraction of sp³-hybridized carbons (Fsp3) is 0.588. The summed E-state index contributed by atoms with van der Waals surface area (Å²) >= 11 is 0. The van der Waals surface area contributed by atoms with E-state index in [1.54, 1.807) is 26.0 Å². The topological polar surface area (TPSA) is 66.5 Å². The number of nitrogens with zero attached hydrogens (tertiary/aromatic N) is 1. The second-order valence-corrected chi connectivity index (χ2v) is 7.49. The van der Waals surface area contributed by atoms with Gasteiger partial charge >= 0.3 is 0 Å². The first-order chi connectivity index (χ1) is 10.8. The smallest absolute Gasteiger partial charge is 0.251 e. The SMILES string of the molecule is CCC(CC)NC(=O)c1cc(S(=O)(=O)N(CC)CC)ccc1C. The third kappa shape index (κ3) is 4.54. The molecule has 0 saturated heterocycles. The second kappa shape index (κ2) is 8.45. The molecule has 1 N–H and O–H groups in total. The molecule has 1 rings (SSSR count). The Morgan fingerprint density at radius 2 is 1.70 bits per heavy atom. The molecule has 0 saturated carbocycles. The lowest BCUT2D eigenvalue weighted by Crippen LogP contribution is -2.34. The van der Waals surface area contributed by atoms with E-state index in [0.717, 1.165) is 18.4 Å². The Balaban J connectivity index is 3.20. The van der Waals surface area contributed by atoms with Crippen molar-refractivity contribution in [3.05, 3.63) is 29.3 Å². The van der Waals surface area contributed by atoms with Gasteiger partial charge in [-0.3, -0.25) is 4.79 Å². The summed E-state index contributed by atoms with van der Waals surface area (Å²) in [6.45, 7) is 10.3. The predicted molar refractivity (Wildman–Crippen MR) is 93.1 cm³/mol. The molecule has 0 aromatic heterocycles. The van der Waals surface area contributed by atoms with Crippen LogP contribution in [0, 0.1) is 6.92 Å². The molecule has 1 aromatic carbocycles. The van der Waals surface area contributed by atoms with Crippen molar-refractivity contribution in [2.75, 3.05) is 13.1 Å². The minimum atomic E-state index is -3.56. The highest BCUT2D eigenvalue weighted by molar-refractivity contribution is 7.89. The molecule has 0 heterocycles. The largest absolute Gasteiger partial charge is 0.349 e. The Morgan fingerprint density at radius 3 is 2.17 bits per heavy atom. The van der Waals surface area contributed by atoms with E-state index in [-0.39, 0.29) is 16.8 Å². The molecule has 0 spiro atoms. The number of hydrogen-bond acceptors (Lipinski definition) is 3. The summed E-state index contributed by atoms with van der Waals surface area (Å²) in [5, 5.41) is 2.96. The van der Waals surface area contributed by atoms with Gasteiger partial charge in [-0.05, 0) is 37.5 Å². The molecule has 1 amide bonds. The van der Waals surface area contributed by atoms with Crippen LogP contribution in [0.5, 0.6) is 0 Å². The number of sulfonamides is 1. The first-order valence-corrected chi connectivity index (χ1v) is 9.67. The molecule has 0 bridgehead atoms. The molecule has 0 aliphatic heterocycles. The van der Waals surface area contributed by atoms with Crippen LogP contribution in [0.1, 0.15) is 56.5 Å². The van der Waals surface area contributed by atoms with Gasteiger partial charge in [0, 0.05) is 24.7 Å². The van der Waals surface area contributed by atoms with E-state index in [2.05, 4.69) is 5.32 Å². The fourth-order valence-electron chi connectivity index (χ4n) is 2.47. The van der Waals surface area contributed by atoms with Crippen LogP contribution in [0.3, 0.4) is 0 Å². The molecule has 0 atom stereocenters. The average molecular weight is 340 g/mol. The minimum absolute atomic E-state index is 0.102. The molecule has 0 aliphatic carbocycles. The Labute approximate surface area is 140 Å². The number of carbonyl (C=O) groups excluding carboxylic acids is 1. The first kappa shape index (κ1) is 19.6. The molecule has 23 heavy (non-hydrogen) atoms. The summed E-state index contributed by atoms with van der Waals surface area (Å²) in [7, 11) is -3.56. The van der Waals surface area contributed by atoms with Gasteiger partial charge in [0.1, 0.15) is 0 Å².